The topological polar surface area (TPSA) is 76.9 Å². The van der Waals surface area contributed by atoms with Gasteiger partial charge in [0.15, 0.2) is 15.5 Å². The summed E-state index contributed by atoms with van der Waals surface area (Å²) in [6, 6.07) is 3.76. The van der Waals surface area contributed by atoms with Gasteiger partial charge in [0.2, 0.25) is 0 Å². The lowest BCUT2D eigenvalue weighted by molar-refractivity contribution is 0.499. The van der Waals surface area contributed by atoms with E-state index in [1.165, 1.54) is 0 Å². The first-order valence-corrected chi connectivity index (χ1v) is 9.15. The number of nitrogens with one attached hydrogen (secondary N) is 1. The van der Waals surface area contributed by atoms with Crippen LogP contribution in [0.4, 0.5) is 0 Å². The molecule has 0 amide bonds. The summed E-state index contributed by atoms with van der Waals surface area (Å²) in [5.74, 6) is 1.34. The van der Waals surface area contributed by atoms with Crippen molar-refractivity contribution in [3.05, 3.63) is 24.2 Å². The molecule has 0 aliphatic carbocycles. The molecule has 0 spiro atoms. The smallest absolute Gasteiger partial charge is 0.159 e. The molecule has 6 nitrogen and oxygen atoms in total. The second kappa shape index (κ2) is 5.73. The van der Waals surface area contributed by atoms with E-state index in [0.717, 1.165) is 30.0 Å². The summed E-state index contributed by atoms with van der Waals surface area (Å²) >= 11 is 0. The number of sulfone groups is 1. The van der Waals surface area contributed by atoms with E-state index in [4.69, 9.17) is 0 Å². The zero-order chi connectivity index (χ0) is 14.9. The van der Waals surface area contributed by atoms with Gasteiger partial charge in [-0.1, -0.05) is 6.92 Å². The number of fused-ring (bicyclic) bond motifs is 1. The first-order valence-electron chi connectivity index (χ1n) is 7.33. The Morgan fingerprint density at radius 3 is 3.10 bits per heavy atom. The number of rotatable bonds is 4. The Morgan fingerprint density at radius 1 is 1.48 bits per heavy atom. The summed E-state index contributed by atoms with van der Waals surface area (Å²) in [4.78, 5) is 9.04. The Labute approximate surface area is 124 Å². The van der Waals surface area contributed by atoms with Crippen LogP contribution in [0.15, 0.2) is 18.3 Å². The monoisotopic (exact) mass is 308 g/mol. The Morgan fingerprint density at radius 2 is 2.33 bits per heavy atom. The van der Waals surface area contributed by atoms with Gasteiger partial charge in [-0.3, -0.25) is 0 Å². The number of hydrogen-bond donors (Lipinski definition) is 1. The van der Waals surface area contributed by atoms with Gasteiger partial charge in [0, 0.05) is 31.7 Å². The van der Waals surface area contributed by atoms with E-state index in [0.29, 0.717) is 13.0 Å². The van der Waals surface area contributed by atoms with Crippen molar-refractivity contribution >= 4 is 21.0 Å². The van der Waals surface area contributed by atoms with Crippen LogP contribution >= 0.6 is 0 Å². The predicted octanol–water partition coefficient (Wildman–Crippen LogP) is 0.770. The van der Waals surface area contributed by atoms with Gasteiger partial charge in [0.05, 0.1) is 11.5 Å². The molecule has 1 aliphatic rings. The maximum Gasteiger partial charge on any atom is 0.159 e. The molecule has 1 unspecified atom stereocenters. The van der Waals surface area contributed by atoms with Gasteiger partial charge in [-0.15, -0.1) is 0 Å². The summed E-state index contributed by atoms with van der Waals surface area (Å²) in [5.41, 5.74) is 1.76. The lowest BCUT2D eigenvalue weighted by Crippen LogP contribution is -2.46. The molecule has 2 aromatic heterocycles. The third-order valence-electron chi connectivity index (χ3n) is 3.76. The molecule has 114 valence electrons. The van der Waals surface area contributed by atoms with E-state index in [2.05, 4.69) is 26.8 Å². The summed E-state index contributed by atoms with van der Waals surface area (Å²) in [7, 11) is -2.92. The average molecular weight is 308 g/mol. The zero-order valence-electron chi connectivity index (χ0n) is 12.1. The highest BCUT2D eigenvalue weighted by molar-refractivity contribution is 7.91. The molecular weight excluding hydrogens is 288 g/mol. The minimum atomic E-state index is -2.92. The van der Waals surface area contributed by atoms with Crippen LogP contribution in [0.1, 0.15) is 19.2 Å². The van der Waals surface area contributed by atoms with E-state index in [9.17, 15) is 8.42 Å². The lowest BCUT2D eigenvalue weighted by Gasteiger charge is -2.23. The van der Waals surface area contributed by atoms with E-state index in [-0.39, 0.29) is 17.5 Å². The summed E-state index contributed by atoms with van der Waals surface area (Å²) in [6.07, 6.45) is 3.38. The second-order valence-corrected chi connectivity index (χ2v) is 7.72. The number of nitrogens with zero attached hydrogens (tertiary/aromatic N) is 3. The lowest BCUT2D eigenvalue weighted by atomic mass is 10.2. The molecule has 1 fully saturated rings. The third kappa shape index (κ3) is 3.08. The van der Waals surface area contributed by atoms with Gasteiger partial charge in [0.1, 0.15) is 11.3 Å². The summed E-state index contributed by atoms with van der Waals surface area (Å²) in [6.45, 7) is 3.49. The SMILES string of the molecule is CCCn1c(CC2CS(=O)(=O)CCN2)nc2cccnc21. The molecule has 0 bridgehead atoms. The van der Waals surface area contributed by atoms with E-state index in [1.54, 1.807) is 6.20 Å². The number of aryl methyl sites for hydroxylation is 1. The van der Waals surface area contributed by atoms with E-state index < -0.39 is 9.84 Å². The fourth-order valence-electron chi connectivity index (χ4n) is 2.84. The molecular formula is C14H20N4O2S. The van der Waals surface area contributed by atoms with Gasteiger partial charge in [-0.25, -0.2) is 18.4 Å². The van der Waals surface area contributed by atoms with Crippen molar-refractivity contribution in [2.24, 2.45) is 0 Å². The number of hydrogen-bond acceptors (Lipinski definition) is 5. The molecule has 7 heteroatoms. The highest BCUT2D eigenvalue weighted by Gasteiger charge is 2.26. The van der Waals surface area contributed by atoms with Crippen LogP contribution in [0.5, 0.6) is 0 Å². The van der Waals surface area contributed by atoms with Crippen LogP contribution in [-0.4, -0.2) is 47.0 Å². The maximum atomic E-state index is 11.8. The van der Waals surface area contributed by atoms with E-state index in [1.807, 2.05) is 12.1 Å². The fourth-order valence-corrected chi connectivity index (χ4v) is 4.28. The van der Waals surface area contributed by atoms with Crippen LogP contribution < -0.4 is 5.32 Å². The van der Waals surface area contributed by atoms with Crippen molar-refractivity contribution in [1.82, 2.24) is 19.9 Å². The Hall–Kier alpha value is -1.47. The van der Waals surface area contributed by atoms with Crippen molar-refractivity contribution in [2.75, 3.05) is 18.1 Å². The van der Waals surface area contributed by atoms with Crippen molar-refractivity contribution in [1.29, 1.82) is 0 Å². The van der Waals surface area contributed by atoms with Crippen LogP contribution in [0.25, 0.3) is 11.2 Å². The molecule has 0 radical (unpaired) electrons. The van der Waals surface area contributed by atoms with Crippen LogP contribution in [0.2, 0.25) is 0 Å². The molecule has 3 rings (SSSR count). The van der Waals surface area contributed by atoms with Crippen molar-refractivity contribution in [3.8, 4) is 0 Å². The standard InChI is InChI=1S/C14H20N4O2S/c1-2-7-18-13(17-12-4-3-5-16-14(12)18)9-11-10-21(19,20)8-6-15-11/h3-5,11,15H,2,6-10H2,1H3. The quantitative estimate of drug-likeness (QED) is 0.903. The van der Waals surface area contributed by atoms with Crippen LogP contribution in [0, 0.1) is 0 Å². The Bertz CT molecular complexity index is 739. The van der Waals surface area contributed by atoms with Gasteiger partial charge in [-0.05, 0) is 18.6 Å². The van der Waals surface area contributed by atoms with E-state index >= 15 is 0 Å². The molecule has 3 heterocycles. The summed E-state index contributed by atoms with van der Waals surface area (Å²) in [5, 5.41) is 3.28. The number of aromatic nitrogens is 3. The molecule has 2 aromatic rings. The molecule has 21 heavy (non-hydrogen) atoms. The average Bonchev–Trinajstić information content (AvgIpc) is 2.76. The highest BCUT2D eigenvalue weighted by Crippen LogP contribution is 2.16. The fraction of sp³-hybridized carbons (Fsp3) is 0.571. The molecule has 1 N–H and O–H groups in total. The van der Waals surface area contributed by atoms with Crippen molar-refractivity contribution in [3.63, 3.8) is 0 Å². The number of imidazole rings is 1. The van der Waals surface area contributed by atoms with Crippen LogP contribution in [0.3, 0.4) is 0 Å². The van der Waals surface area contributed by atoms with Crippen molar-refractivity contribution < 1.29 is 8.42 Å². The zero-order valence-corrected chi connectivity index (χ0v) is 12.9. The third-order valence-corrected chi connectivity index (χ3v) is 5.50. The first kappa shape index (κ1) is 14.5. The van der Waals surface area contributed by atoms with Gasteiger partial charge in [0.25, 0.3) is 0 Å². The maximum absolute atomic E-state index is 11.8. The molecule has 0 saturated carbocycles. The molecule has 0 aromatic carbocycles. The highest BCUT2D eigenvalue weighted by atomic mass is 32.2. The Balaban J connectivity index is 1.91. The summed E-state index contributed by atoms with van der Waals surface area (Å²) < 4.78 is 25.6. The van der Waals surface area contributed by atoms with Gasteiger partial charge in [-0.2, -0.15) is 0 Å². The second-order valence-electron chi connectivity index (χ2n) is 5.50. The molecule has 1 atom stereocenters. The molecule has 1 aliphatic heterocycles. The minimum Gasteiger partial charge on any atom is -0.313 e. The number of pyridine rings is 1. The Kier molecular flexibility index (Phi) is 3.95. The predicted molar refractivity (Wildman–Crippen MR) is 82.0 cm³/mol. The van der Waals surface area contributed by atoms with Crippen LogP contribution in [-0.2, 0) is 22.8 Å². The van der Waals surface area contributed by atoms with Gasteiger partial charge >= 0.3 is 0 Å². The normalized spacial score (nSPS) is 21.7. The van der Waals surface area contributed by atoms with Crippen molar-refractivity contribution in [2.45, 2.75) is 32.4 Å². The largest absolute Gasteiger partial charge is 0.313 e. The first-order chi connectivity index (χ1) is 10.1. The molecule has 1 saturated heterocycles. The van der Waals surface area contributed by atoms with Gasteiger partial charge < -0.3 is 9.88 Å². The minimum absolute atomic E-state index is 0.0591.